The molecule has 6 rings (SSSR count). The topological polar surface area (TPSA) is 86.7 Å². The Kier molecular flexibility index (Phi) is 4.93. The van der Waals surface area contributed by atoms with Crippen LogP contribution in [0.15, 0.2) is 41.4 Å². The van der Waals surface area contributed by atoms with Gasteiger partial charge in [-0.05, 0) is 75.6 Å². The number of benzene rings is 1. The zero-order valence-corrected chi connectivity index (χ0v) is 21.2. The summed E-state index contributed by atoms with van der Waals surface area (Å²) in [4.78, 5) is 19.1. The molecule has 2 aliphatic heterocycles. The average Bonchev–Trinajstić information content (AvgIpc) is 3.62. The summed E-state index contributed by atoms with van der Waals surface area (Å²) in [6.45, 7) is 10.5. The van der Waals surface area contributed by atoms with Crippen LogP contribution in [0, 0.1) is 27.7 Å². The van der Waals surface area contributed by atoms with Crippen molar-refractivity contribution in [3.8, 4) is 5.69 Å². The van der Waals surface area contributed by atoms with Crippen LogP contribution in [0.1, 0.15) is 46.3 Å². The second-order valence-electron chi connectivity index (χ2n) is 9.25. The second-order valence-corrected chi connectivity index (χ2v) is 9.25. The number of hydrogen-bond donors (Lipinski definition) is 0. The second kappa shape index (κ2) is 8.05. The molecule has 0 spiro atoms. The Labute approximate surface area is 208 Å². The molecule has 0 amide bonds. The van der Waals surface area contributed by atoms with E-state index in [1.807, 2.05) is 54.0 Å². The molecule has 0 saturated carbocycles. The number of fused-ring (bicyclic) bond motifs is 8. The van der Waals surface area contributed by atoms with E-state index in [0.717, 1.165) is 50.6 Å². The van der Waals surface area contributed by atoms with Gasteiger partial charge in [0.1, 0.15) is 0 Å². The largest absolute Gasteiger partial charge is 0.344 e. The number of hydrogen-bond acceptors (Lipinski definition) is 6. The number of rotatable bonds is 1. The highest BCUT2D eigenvalue weighted by Crippen LogP contribution is 2.30. The summed E-state index contributed by atoms with van der Waals surface area (Å²) in [5, 5.41) is 8.82. The Morgan fingerprint density at radius 1 is 0.722 bits per heavy atom. The van der Waals surface area contributed by atoms with Gasteiger partial charge in [-0.1, -0.05) is 18.2 Å². The third kappa shape index (κ3) is 3.29. The Bertz CT molecular complexity index is 1790. The maximum atomic E-state index is 4.93. The molecule has 178 valence electrons. The van der Waals surface area contributed by atoms with Crippen LogP contribution < -0.4 is 0 Å². The van der Waals surface area contributed by atoms with Gasteiger partial charge in [-0.3, -0.25) is 4.57 Å². The number of aliphatic imine (C=N–C) groups is 1. The molecule has 2 aliphatic rings. The molecule has 36 heavy (non-hydrogen) atoms. The molecule has 8 nitrogen and oxygen atoms in total. The van der Waals surface area contributed by atoms with Gasteiger partial charge in [0.15, 0.2) is 5.65 Å². The number of nitrogens with zero attached hydrogens (tertiary/aromatic N) is 8. The van der Waals surface area contributed by atoms with Crippen LogP contribution >= 0.6 is 0 Å². The summed E-state index contributed by atoms with van der Waals surface area (Å²) in [5.74, 6) is 0.779. The summed E-state index contributed by atoms with van der Waals surface area (Å²) in [6.07, 6.45) is 4.07. The van der Waals surface area contributed by atoms with E-state index >= 15 is 0 Å². The minimum Gasteiger partial charge on any atom is -0.344 e. The van der Waals surface area contributed by atoms with Crippen molar-refractivity contribution in [2.75, 3.05) is 0 Å². The van der Waals surface area contributed by atoms with Gasteiger partial charge in [0.2, 0.25) is 0 Å². The lowest BCUT2D eigenvalue weighted by Crippen LogP contribution is -1.99. The molecule has 0 atom stereocenters. The normalized spacial score (nSPS) is 12.8. The van der Waals surface area contributed by atoms with Gasteiger partial charge < -0.3 is 4.57 Å². The minimum absolute atomic E-state index is 0.366. The van der Waals surface area contributed by atoms with Crippen molar-refractivity contribution in [2.24, 2.45) is 12.0 Å². The highest BCUT2D eigenvalue weighted by atomic mass is 15.3. The molecule has 8 heteroatoms. The fourth-order valence-electron chi connectivity index (χ4n) is 5.25. The van der Waals surface area contributed by atoms with E-state index in [2.05, 4.69) is 60.6 Å². The summed E-state index contributed by atoms with van der Waals surface area (Å²) in [7, 11) is 2.11. The monoisotopic (exact) mass is 474 g/mol. The first-order chi connectivity index (χ1) is 17.3. The summed E-state index contributed by atoms with van der Waals surface area (Å²) in [5.41, 5.74) is 11.9. The molecular formula is C28H26N8. The van der Waals surface area contributed by atoms with Crippen molar-refractivity contribution >= 4 is 46.3 Å². The van der Waals surface area contributed by atoms with Crippen LogP contribution in [0.25, 0.3) is 40.3 Å². The van der Waals surface area contributed by atoms with Crippen molar-refractivity contribution < 1.29 is 0 Å². The van der Waals surface area contributed by atoms with Crippen molar-refractivity contribution in [2.45, 2.75) is 34.6 Å². The Morgan fingerprint density at radius 3 is 2.19 bits per heavy atom. The standard InChI is InChI=1S/C28H26N8/c1-15-16(2)26-18(4)24-19(5)29-27(31-24)32-28-34-33-23(36(28)21-10-8-7-9-11-21)14-20-12-13-22(30-20)17(3)25(15)35(26)6/h7-14H,1-6H3. The lowest BCUT2D eigenvalue weighted by molar-refractivity contribution is 0.991. The zero-order chi connectivity index (χ0) is 25.1. The zero-order valence-electron chi connectivity index (χ0n) is 21.2. The highest BCUT2D eigenvalue weighted by molar-refractivity contribution is 6.03. The smallest absolute Gasteiger partial charge is 0.259 e. The van der Waals surface area contributed by atoms with Gasteiger partial charge >= 0.3 is 0 Å². The van der Waals surface area contributed by atoms with Crippen molar-refractivity contribution in [1.29, 1.82) is 0 Å². The molecule has 0 N–H and O–H groups in total. The maximum Gasteiger partial charge on any atom is 0.259 e. The van der Waals surface area contributed by atoms with Crippen molar-refractivity contribution in [1.82, 2.24) is 34.3 Å². The molecule has 0 fully saturated rings. The van der Waals surface area contributed by atoms with Gasteiger partial charge in [0, 0.05) is 29.7 Å². The molecule has 4 aromatic rings. The molecule has 8 bridgehead atoms. The van der Waals surface area contributed by atoms with E-state index in [9.17, 15) is 0 Å². The Morgan fingerprint density at radius 2 is 1.44 bits per heavy atom. The molecule has 5 heterocycles. The molecule has 0 aliphatic carbocycles. The van der Waals surface area contributed by atoms with E-state index in [1.165, 1.54) is 11.1 Å². The first kappa shape index (κ1) is 22.0. The number of para-hydroxylation sites is 1. The van der Waals surface area contributed by atoms with E-state index in [-0.39, 0.29) is 0 Å². The molecule has 0 unspecified atom stereocenters. The van der Waals surface area contributed by atoms with Crippen LogP contribution in [-0.2, 0) is 7.05 Å². The van der Waals surface area contributed by atoms with Crippen LogP contribution in [0.3, 0.4) is 0 Å². The fraction of sp³-hybridized carbons (Fsp3) is 0.214. The predicted molar refractivity (Wildman–Crippen MR) is 144 cm³/mol. The quantitative estimate of drug-likeness (QED) is 0.319. The summed E-state index contributed by atoms with van der Waals surface area (Å²) >= 11 is 0. The molecule has 3 aromatic heterocycles. The third-order valence-corrected chi connectivity index (χ3v) is 7.04. The first-order valence-corrected chi connectivity index (χ1v) is 11.9. The van der Waals surface area contributed by atoms with Crippen LogP contribution in [0.4, 0.5) is 5.95 Å². The SMILES string of the molecule is CC1=Nc2nc1c(C)c1c(C)c(C)c(c(C)c3nc(cc4nnc(n2)n4-c2ccccc2)C=C3)n1C. The van der Waals surface area contributed by atoms with Crippen molar-refractivity contribution in [3.05, 3.63) is 75.7 Å². The highest BCUT2D eigenvalue weighted by Gasteiger charge is 2.19. The fourth-order valence-corrected chi connectivity index (χ4v) is 5.25. The van der Waals surface area contributed by atoms with Gasteiger partial charge in [0.05, 0.1) is 28.5 Å². The minimum atomic E-state index is 0.366. The molecular weight excluding hydrogens is 448 g/mol. The van der Waals surface area contributed by atoms with Gasteiger partial charge in [-0.2, -0.15) is 4.98 Å². The number of aryl methyl sites for hydroxylation is 5. The van der Waals surface area contributed by atoms with Crippen LogP contribution in [-0.4, -0.2) is 40.0 Å². The third-order valence-electron chi connectivity index (χ3n) is 7.04. The number of aromatic nitrogens is 7. The van der Waals surface area contributed by atoms with Crippen LogP contribution in [0.2, 0.25) is 0 Å². The molecule has 0 radical (unpaired) electrons. The van der Waals surface area contributed by atoms with Gasteiger partial charge in [0.25, 0.3) is 11.7 Å². The van der Waals surface area contributed by atoms with E-state index in [4.69, 9.17) is 15.0 Å². The predicted octanol–water partition coefficient (Wildman–Crippen LogP) is 5.52. The lowest BCUT2D eigenvalue weighted by Gasteiger charge is -2.05. The first-order valence-electron chi connectivity index (χ1n) is 11.9. The van der Waals surface area contributed by atoms with E-state index in [1.54, 1.807) is 0 Å². The van der Waals surface area contributed by atoms with Gasteiger partial charge in [-0.15, -0.1) is 10.2 Å². The van der Waals surface area contributed by atoms with Gasteiger partial charge in [-0.25, -0.2) is 15.0 Å². The van der Waals surface area contributed by atoms with Crippen LogP contribution in [0.5, 0.6) is 0 Å². The van der Waals surface area contributed by atoms with E-state index < -0.39 is 0 Å². The summed E-state index contributed by atoms with van der Waals surface area (Å²) in [6, 6.07) is 11.9. The Hall–Kier alpha value is -4.46. The molecule has 0 saturated heterocycles. The summed E-state index contributed by atoms with van der Waals surface area (Å²) < 4.78 is 4.15. The van der Waals surface area contributed by atoms with E-state index in [0.29, 0.717) is 17.4 Å². The lowest BCUT2D eigenvalue weighted by atomic mass is 10.1. The average molecular weight is 475 g/mol. The Balaban J connectivity index is 1.83. The maximum absolute atomic E-state index is 4.93. The molecule has 1 aromatic carbocycles. The van der Waals surface area contributed by atoms with Crippen molar-refractivity contribution in [3.63, 3.8) is 0 Å².